The SMILES string of the molecule is COC(=O)N1CCC(c2cc(C(=O)N3CCCC4CCCCC43)cs2)CC1.O=C(c1csc(C2CCNCC2)c1)N1CCCC2CCCCC21. The Kier molecular flexibility index (Phi) is 12.2. The lowest BCUT2D eigenvalue weighted by Crippen LogP contribution is -2.49. The summed E-state index contributed by atoms with van der Waals surface area (Å²) < 4.78 is 4.82. The van der Waals surface area contributed by atoms with E-state index >= 15 is 0 Å². The molecule has 6 heterocycles. The third kappa shape index (κ3) is 8.12. The summed E-state index contributed by atoms with van der Waals surface area (Å²) in [7, 11) is 1.43. The predicted octanol–water partition coefficient (Wildman–Crippen LogP) is 8.50. The lowest BCUT2D eigenvalue weighted by Gasteiger charge is -2.44. The van der Waals surface area contributed by atoms with Gasteiger partial charge in [-0.2, -0.15) is 0 Å². The fraction of sp³-hybridized carbons (Fsp3) is 0.725. The van der Waals surface area contributed by atoms with E-state index in [0.717, 1.165) is 81.5 Å². The number of carbonyl (C=O) groups is 3. The first-order valence-corrected chi connectivity index (χ1v) is 21.6. The van der Waals surface area contributed by atoms with Crippen molar-refractivity contribution in [3.05, 3.63) is 43.8 Å². The molecule has 6 fully saturated rings. The Morgan fingerprint density at radius 3 is 1.58 bits per heavy atom. The highest BCUT2D eigenvalue weighted by Crippen LogP contribution is 2.39. The molecule has 2 saturated carbocycles. The molecule has 4 unspecified atom stereocenters. The number of fused-ring (bicyclic) bond motifs is 2. The highest BCUT2D eigenvalue weighted by atomic mass is 32.1. The number of amides is 3. The molecule has 2 aromatic rings. The molecule has 50 heavy (non-hydrogen) atoms. The Labute approximate surface area is 307 Å². The lowest BCUT2D eigenvalue weighted by atomic mass is 9.78. The molecule has 4 atom stereocenters. The normalized spacial score (nSPS) is 27.8. The number of methoxy groups -OCH3 is 1. The minimum absolute atomic E-state index is 0.234. The highest BCUT2D eigenvalue weighted by Gasteiger charge is 2.38. The van der Waals surface area contributed by atoms with Gasteiger partial charge in [-0.05, 0) is 126 Å². The van der Waals surface area contributed by atoms with Crippen LogP contribution in [-0.2, 0) is 4.74 Å². The van der Waals surface area contributed by atoms with Crippen LogP contribution >= 0.6 is 22.7 Å². The molecular formula is C40H58N4O4S2. The summed E-state index contributed by atoms with van der Waals surface area (Å²) in [4.78, 5) is 46.8. The molecule has 0 bridgehead atoms. The standard InChI is InChI=1S/C21H30N2O3S.C19H28N2OS/c1-26-21(25)22-11-8-16(9-12-22)19-13-17(14-27-19)20(24)23-10-4-6-15-5-2-3-7-18(15)23;22-19(21-11-3-5-14-4-1-2-6-17(14)21)16-12-18(23-13-16)15-7-9-20-10-8-15/h13-16,18H,2-12H2,1H3;12-15,17,20H,1-11H2. The van der Waals surface area contributed by atoms with E-state index in [0.29, 0.717) is 29.8 Å². The summed E-state index contributed by atoms with van der Waals surface area (Å²) in [6.07, 6.45) is 19.3. The number of ether oxygens (including phenoxy) is 1. The van der Waals surface area contributed by atoms with Crippen molar-refractivity contribution in [3.63, 3.8) is 0 Å². The van der Waals surface area contributed by atoms with Gasteiger partial charge in [-0.1, -0.05) is 25.7 Å². The van der Waals surface area contributed by atoms with Crippen LogP contribution in [0.5, 0.6) is 0 Å². The van der Waals surface area contributed by atoms with E-state index < -0.39 is 0 Å². The van der Waals surface area contributed by atoms with E-state index in [9.17, 15) is 14.4 Å². The molecule has 6 aliphatic rings. The number of carbonyl (C=O) groups excluding carboxylic acids is 3. The van der Waals surface area contributed by atoms with Gasteiger partial charge < -0.3 is 24.8 Å². The zero-order chi connectivity index (χ0) is 34.5. The van der Waals surface area contributed by atoms with Gasteiger partial charge in [-0.25, -0.2) is 4.79 Å². The summed E-state index contributed by atoms with van der Waals surface area (Å²) in [6, 6.07) is 5.31. The van der Waals surface area contributed by atoms with Gasteiger partial charge in [-0.15, -0.1) is 22.7 Å². The number of thiophene rings is 2. The molecule has 2 aromatic heterocycles. The van der Waals surface area contributed by atoms with Crippen LogP contribution < -0.4 is 5.32 Å². The number of nitrogens with one attached hydrogen (secondary N) is 1. The van der Waals surface area contributed by atoms with Crippen LogP contribution in [0.25, 0.3) is 0 Å². The first-order valence-electron chi connectivity index (χ1n) is 19.8. The number of likely N-dealkylation sites (tertiary alicyclic amines) is 3. The maximum Gasteiger partial charge on any atom is 0.409 e. The summed E-state index contributed by atoms with van der Waals surface area (Å²) >= 11 is 3.51. The molecule has 0 spiro atoms. The Balaban J connectivity index is 0.000000159. The lowest BCUT2D eigenvalue weighted by molar-refractivity contribution is 0.0386. The van der Waals surface area contributed by atoms with Crippen molar-refractivity contribution in [2.45, 2.75) is 127 Å². The van der Waals surface area contributed by atoms with Crippen LogP contribution in [0.2, 0.25) is 0 Å². The van der Waals surface area contributed by atoms with Gasteiger partial charge in [0.2, 0.25) is 0 Å². The van der Waals surface area contributed by atoms with E-state index in [1.165, 1.54) is 100 Å². The zero-order valence-corrected chi connectivity index (χ0v) is 31.8. The fourth-order valence-electron chi connectivity index (χ4n) is 10.0. The summed E-state index contributed by atoms with van der Waals surface area (Å²) in [6.45, 7) is 5.58. The largest absolute Gasteiger partial charge is 0.453 e. The molecule has 4 aliphatic heterocycles. The topological polar surface area (TPSA) is 82.2 Å². The molecular weight excluding hydrogens is 665 g/mol. The molecule has 10 heteroatoms. The first kappa shape index (κ1) is 36.0. The maximum absolute atomic E-state index is 13.2. The zero-order valence-electron chi connectivity index (χ0n) is 30.1. The van der Waals surface area contributed by atoms with Gasteiger partial charge >= 0.3 is 6.09 Å². The number of hydrogen-bond donors (Lipinski definition) is 1. The minimum Gasteiger partial charge on any atom is -0.453 e. The molecule has 0 radical (unpaired) electrons. The Hall–Kier alpha value is -2.43. The molecule has 8 rings (SSSR count). The highest BCUT2D eigenvalue weighted by molar-refractivity contribution is 7.10. The van der Waals surface area contributed by atoms with Crippen LogP contribution in [0.15, 0.2) is 22.9 Å². The minimum atomic E-state index is -0.234. The number of nitrogens with zero attached hydrogens (tertiary/aromatic N) is 3. The average Bonchev–Trinajstić information content (AvgIpc) is 3.89. The van der Waals surface area contributed by atoms with Gasteiger partial charge in [0.1, 0.15) is 0 Å². The van der Waals surface area contributed by atoms with Gasteiger partial charge in [0, 0.05) is 58.8 Å². The van der Waals surface area contributed by atoms with Crippen molar-refractivity contribution < 1.29 is 19.1 Å². The average molecular weight is 723 g/mol. The monoisotopic (exact) mass is 722 g/mol. The van der Waals surface area contributed by atoms with Gasteiger partial charge in [0.25, 0.3) is 11.8 Å². The van der Waals surface area contributed by atoms with E-state index in [-0.39, 0.29) is 12.0 Å². The fourth-order valence-corrected chi connectivity index (χ4v) is 12.1. The van der Waals surface area contributed by atoms with E-state index in [4.69, 9.17) is 4.74 Å². The third-order valence-corrected chi connectivity index (χ3v) is 15.0. The molecule has 0 aromatic carbocycles. The summed E-state index contributed by atoms with van der Waals surface area (Å²) in [5.41, 5.74) is 1.83. The van der Waals surface area contributed by atoms with Crippen LogP contribution in [-0.4, -0.2) is 91.1 Å². The van der Waals surface area contributed by atoms with Gasteiger partial charge in [-0.3, -0.25) is 9.59 Å². The van der Waals surface area contributed by atoms with E-state index in [1.807, 2.05) is 0 Å². The summed E-state index contributed by atoms with van der Waals surface area (Å²) in [5, 5.41) is 7.60. The second kappa shape index (κ2) is 16.9. The second-order valence-corrected chi connectivity index (χ2v) is 17.6. The quantitative estimate of drug-likeness (QED) is 0.343. The van der Waals surface area contributed by atoms with Crippen molar-refractivity contribution in [2.24, 2.45) is 11.8 Å². The first-order chi connectivity index (χ1) is 24.5. The number of rotatable bonds is 4. The van der Waals surface area contributed by atoms with Crippen LogP contribution in [0, 0.1) is 11.8 Å². The molecule has 8 nitrogen and oxygen atoms in total. The van der Waals surface area contributed by atoms with Crippen molar-refractivity contribution in [2.75, 3.05) is 46.4 Å². The summed E-state index contributed by atoms with van der Waals surface area (Å²) in [5.74, 6) is 3.13. The van der Waals surface area contributed by atoms with Crippen molar-refractivity contribution in [3.8, 4) is 0 Å². The van der Waals surface area contributed by atoms with Crippen molar-refractivity contribution in [1.29, 1.82) is 0 Å². The third-order valence-electron chi connectivity index (χ3n) is 12.8. The molecule has 2 aliphatic carbocycles. The van der Waals surface area contributed by atoms with Crippen molar-refractivity contribution in [1.82, 2.24) is 20.0 Å². The number of piperidine rings is 4. The van der Waals surface area contributed by atoms with Crippen molar-refractivity contribution >= 4 is 40.6 Å². The van der Waals surface area contributed by atoms with E-state index in [1.54, 1.807) is 27.6 Å². The second-order valence-electron chi connectivity index (χ2n) is 15.7. The Morgan fingerprint density at radius 1 is 0.620 bits per heavy atom. The Bertz CT molecular complexity index is 1440. The van der Waals surface area contributed by atoms with Crippen LogP contribution in [0.3, 0.4) is 0 Å². The van der Waals surface area contributed by atoms with E-state index in [2.05, 4.69) is 38.0 Å². The maximum atomic E-state index is 13.2. The van der Waals surface area contributed by atoms with Crippen LogP contribution in [0.1, 0.15) is 145 Å². The smallest absolute Gasteiger partial charge is 0.409 e. The molecule has 3 amide bonds. The van der Waals surface area contributed by atoms with Gasteiger partial charge in [0.15, 0.2) is 0 Å². The number of hydrogen-bond acceptors (Lipinski definition) is 7. The predicted molar refractivity (Wildman–Crippen MR) is 201 cm³/mol. The van der Waals surface area contributed by atoms with Gasteiger partial charge in [0.05, 0.1) is 18.2 Å². The Morgan fingerprint density at radius 2 is 1.08 bits per heavy atom. The molecule has 4 saturated heterocycles. The molecule has 274 valence electrons. The molecule has 1 N–H and O–H groups in total. The van der Waals surface area contributed by atoms with Crippen LogP contribution in [0.4, 0.5) is 4.79 Å².